The first-order chi connectivity index (χ1) is 13.6. The Morgan fingerprint density at radius 2 is 1.36 bits per heavy atom. The molecule has 5 heteroatoms. The predicted molar refractivity (Wildman–Crippen MR) is 109 cm³/mol. The lowest BCUT2D eigenvalue weighted by Crippen LogP contribution is -2.24. The highest BCUT2D eigenvalue weighted by molar-refractivity contribution is 6.50. The molecular formula is C23H16ClNO3. The van der Waals surface area contributed by atoms with Crippen LogP contribution < -0.4 is 10.1 Å². The molecule has 1 N–H and O–H groups in total. The van der Waals surface area contributed by atoms with Gasteiger partial charge in [0, 0.05) is 16.8 Å². The van der Waals surface area contributed by atoms with E-state index in [1.165, 1.54) is 0 Å². The maximum atomic E-state index is 12.7. The van der Waals surface area contributed by atoms with Gasteiger partial charge in [-0.05, 0) is 29.8 Å². The van der Waals surface area contributed by atoms with Gasteiger partial charge in [-0.3, -0.25) is 9.59 Å². The minimum atomic E-state index is -0.359. The van der Waals surface area contributed by atoms with Gasteiger partial charge < -0.3 is 10.1 Å². The highest BCUT2D eigenvalue weighted by Crippen LogP contribution is 2.29. The number of hydrogen-bond acceptors (Lipinski definition) is 4. The SMILES string of the molecule is O=C1C(Cl)=C(Nc2ccc(OCc3ccccc3)cc2)C(=O)c2ccccc21. The topological polar surface area (TPSA) is 55.4 Å². The molecule has 0 saturated carbocycles. The quantitative estimate of drug-likeness (QED) is 0.651. The fraction of sp³-hybridized carbons (Fsp3) is 0.0435. The Morgan fingerprint density at radius 1 is 0.750 bits per heavy atom. The highest BCUT2D eigenvalue weighted by atomic mass is 35.5. The van der Waals surface area contributed by atoms with E-state index in [0.29, 0.717) is 29.2 Å². The minimum Gasteiger partial charge on any atom is -0.489 e. The second kappa shape index (κ2) is 7.71. The number of rotatable bonds is 5. The smallest absolute Gasteiger partial charge is 0.211 e. The third-order valence-corrected chi connectivity index (χ3v) is 4.79. The van der Waals surface area contributed by atoms with Crippen LogP contribution in [0.4, 0.5) is 5.69 Å². The number of fused-ring (bicyclic) bond motifs is 1. The number of ether oxygens (including phenoxy) is 1. The standard InChI is InChI=1S/C23H16ClNO3/c24-20-21(23(27)19-9-5-4-8-18(19)22(20)26)25-16-10-12-17(13-11-16)28-14-15-6-2-1-3-7-15/h1-13,25H,14H2. The number of halogens is 1. The summed E-state index contributed by atoms with van der Waals surface area (Å²) in [5.74, 6) is 0.0395. The molecule has 0 heterocycles. The summed E-state index contributed by atoms with van der Waals surface area (Å²) < 4.78 is 5.76. The Labute approximate surface area is 167 Å². The Bertz CT molecular complexity index is 1070. The lowest BCUT2D eigenvalue weighted by Gasteiger charge is -2.19. The van der Waals surface area contributed by atoms with Crippen LogP contribution in [0, 0.1) is 0 Å². The number of allylic oxidation sites excluding steroid dienone is 2. The number of anilines is 1. The van der Waals surface area contributed by atoms with E-state index in [4.69, 9.17) is 16.3 Å². The molecule has 1 aliphatic carbocycles. The van der Waals surface area contributed by atoms with Crippen molar-refractivity contribution in [1.82, 2.24) is 0 Å². The van der Waals surface area contributed by atoms with Crippen LogP contribution in [-0.2, 0) is 6.61 Å². The monoisotopic (exact) mass is 389 g/mol. The summed E-state index contributed by atoms with van der Waals surface area (Å²) in [6.07, 6.45) is 0. The van der Waals surface area contributed by atoms with Crippen molar-refractivity contribution in [2.75, 3.05) is 5.32 Å². The van der Waals surface area contributed by atoms with Crippen molar-refractivity contribution in [3.63, 3.8) is 0 Å². The third-order valence-electron chi connectivity index (χ3n) is 4.43. The first-order valence-corrected chi connectivity index (χ1v) is 9.13. The van der Waals surface area contributed by atoms with Gasteiger partial charge in [0.1, 0.15) is 23.1 Å². The second-order valence-electron chi connectivity index (χ2n) is 6.32. The molecule has 4 rings (SSSR count). The third kappa shape index (κ3) is 3.55. The highest BCUT2D eigenvalue weighted by Gasteiger charge is 2.31. The summed E-state index contributed by atoms with van der Waals surface area (Å²) in [5, 5.41) is 2.87. The van der Waals surface area contributed by atoms with Crippen molar-refractivity contribution in [2.24, 2.45) is 0 Å². The van der Waals surface area contributed by atoms with Crippen LogP contribution in [0.2, 0.25) is 0 Å². The molecule has 28 heavy (non-hydrogen) atoms. The van der Waals surface area contributed by atoms with Crippen LogP contribution in [0.25, 0.3) is 0 Å². The van der Waals surface area contributed by atoms with Crippen molar-refractivity contribution in [1.29, 1.82) is 0 Å². The molecule has 0 amide bonds. The molecule has 0 aliphatic heterocycles. The Hall–Kier alpha value is -3.37. The van der Waals surface area contributed by atoms with Crippen molar-refractivity contribution >= 4 is 28.9 Å². The summed E-state index contributed by atoms with van der Waals surface area (Å²) in [6, 6.07) is 23.7. The van der Waals surface area contributed by atoms with Crippen molar-refractivity contribution in [2.45, 2.75) is 6.61 Å². The molecular weight excluding hydrogens is 374 g/mol. The lowest BCUT2D eigenvalue weighted by molar-refractivity contribution is 0.0982. The molecule has 0 spiro atoms. The summed E-state index contributed by atoms with van der Waals surface area (Å²) in [6.45, 7) is 0.467. The summed E-state index contributed by atoms with van der Waals surface area (Å²) >= 11 is 6.18. The van der Waals surface area contributed by atoms with E-state index in [-0.39, 0.29) is 22.3 Å². The number of Topliss-reactive ketones (excluding diaryl/α,β-unsaturated/α-hetero) is 2. The number of benzene rings is 3. The molecule has 0 bridgehead atoms. The Balaban J connectivity index is 1.49. The first kappa shape index (κ1) is 18.0. The molecule has 4 nitrogen and oxygen atoms in total. The van der Waals surface area contributed by atoms with Crippen LogP contribution in [0.15, 0.2) is 89.6 Å². The van der Waals surface area contributed by atoms with E-state index in [1.807, 2.05) is 30.3 Å². The van der Waals surface area contributed by atoms with Gasteiger partial charge >= 0.3 is 0 Å². The predicted octanol–water partition coefficient (Wildman–Crippen LogP) is 5.21. The lowest BCUT2D eigenvalue weighted by atomic mass is 9.92. The number of nitrogens with one attached hydrogen (secondary N) is 1. The van der Waals surface area contributed by atoms with Crippen LogP contribution >= 0.6 is 11.6 Å². The van der Waals surface area contributed by atoms with E-state index in [0.717, 1.165) is 5.56 Å². The van der Waals surface area contributed by atoms with Gasteiger partial charge in [-0.15, -0.1) is 0 Å². The molecule has 0 radical (unpaired) electrons. The Kier molecular flexibility index (Phi) is 4.96. The van der Waals surface area contributed by atoms with Crippen molar-refractivity contribution in [3.8, 4) is 5.75 Å². The molecule has 0 fully saturated rings. The van der Waals surface area contributed by atoms with Gasteiger partial charge in [0.2, 0.25) is 11.6 Å². The minimum absolute atomic E-state index is 0.0864. The normalized spacial score (nSPS) is 13.3. The molecule has 3 aromatic rings. The van der Waals surface area contributed by atoms with Crippen LogP contribution in [0.1, 0.15) is 26.3 Å². The van der Waals surface area contributed by atoms with Gasteiger partial charge in [0.05, 0.1) is 0 Å². The molecule has 0 aromatic heterocycles. The number of ketones is 2. The largest absolute Gasteiger partial charge is 0.489 e. The zero-order valence-corrected chi connectivity index (χ0v) is 15.6. The van der Waals surface area contributed by atoms with Gasteiger partial charge in [-0.25, -0.2) is 0 Å². The second-order valence-corrected chi connectivity index (χ2v) is 6.69. The molecule has 3 aromatic carbocycles. The van der Waals surface area contributed by atoms with Gasteiger partial charge in [0.25, 0.3) is 0 Å². The van der Waals surface area contributed by atoms with Gasteiger partial charge in [-0.1, -0.05) is 66.2 Å². The average molecular weight is 390 g/mol. The van der Waals surface area contributed by atoms with E-state index < -0.39 is 0 Å². The van der Waals surface area contributed by atoms with Crippen LogP contribution in [0.5, 0.6) is 5.75 Å². The van der Waals surface area contributed by atoms with E-state index >= 15 is 0 Å². The van der Waals surface area contributed by atoms with E-state index in [9.17, 15) is 9.59 Å². The van der Waals surface area contributed by atoms with Gasteiger partial charge in [0.15, 0.2) is 0 Å². The number of carbonyl (C=O) groups is 2. The first-order valence-electron chi connectivity index (χ1n) is 8.75. The number of carbonyl (C=O) groups excluding carboxylic acids is 2. The Morgan fingerprint density at radius 3 is 2.04 bits per heavy atom. The van der Waals surface area contributed by atoms with E-state index in [1.54, 1.807) is 48.5 Å². The number of hydrogen-bond donors (Lipinski definition) is 1. The summed E-state index contributed by atoms with van der Waals surface area (Å²) in [5.41, 5.74) is 2.48. The molecule has 1 aliphatic rings. The molecule has 0 saturated heterocycles. The maximum Gasteiger partial charge on any atom is 0.211 e. The fourth-order valence-electron chi connectivity index (χ4n) is 2.98. The average Bonchev–Trinajstić information content (AvgIpc) is 2.75. The zero-order chi connectivity index (χ0) is 19.5. The maximum absolute atomic E-state index is 12.7. The van der Waals surface area contributed by atoms with Gasteiger partial charge in [-0.2, -0.15) is 0 Å². The van der Waals surface area contributed by atoms with Crippen LogP contribution in [-0.4, -0.2) is 11.6 Å². The fourth-order valence-corrected chi connectivity index (χ4v) is 3.21. The summed E-state index contributed by atoms with van der Waals surface area (Å²) in [4.78, 5) is 25.2. The molecule has 138 valence electrons. The van der Waals surface area contributed by atoms with Crippen molar-refractivity contribution < 1.29 is 14.3 Å². The zero-order valence-electron chi connectivity index (χ0n) is 14.8. The summed E-state index contributed by atoms with van der Waals surface area (Å²) in [7, 11) is 0. The van der Waals surface area contributed by atoms with Crippen LogP contribution in [0.3, 0.4) is 0 Å². The molecule has 0 atom stereocenters. The van der Waals surface area contributed by atoms with E-state index in [2.05, 4.69) is 5.32 Å². The van der Waals surface area contributed by atoms with Crippen molar-refractivity contribution in [3.05, 3.63) is 106 Å². The molecule has 0 unspecified atom stereocenters.